The molecule has 2 aromatic rings. The Bertz CT molecular complexity index is 643. The molecule has 4 nitrogen and oxygen atoms in total. The van der Waals surface area contributed by atoms with E-state index in [1.807, 2.05) is 18.2 Å². The molecular formula is C15H16FN3O. The minimum atomic E-state index is -0.645. The van der Waals surface area contributed by atoms with Gasteiger partial charge in [-0.05, 0) is 35.9 Å². The summed E-state index contributed by atoms with van der Waals surface area (Å²) in [5.74, 6) is -1.12. The number of rotatable bonds is 4. The summed E-state index contributed by atoms with van der Waals surface area (Å²) in [6, 6.07) is 11.6. The molecule has 0 bridgehead atoms. The Hall–Kier alpha value is -2.56. The van der Waals surface area contributed by atoms with Gasteiger partial charge in [0, 0.05) is 24.8 Å². The number of nitrogens with zero attached hydrogens (tertiary/aromatic N) is 1. The normalized spacial score (nSPS) is 10.3. The highest BCUT2D eigenvalue weighted by atomic mass is 19.1. The molecule has 1 amide bonds. The van der Waals surface area contributed by atoms with Gasteiger partial charge in [-0.25, -0.2) is 4.39 Å². The summed E-state index contributed by atoms with van der Waals surface area (Å²) < 4.78 is 14.0. The van der Waals surface area contributed by atoms with Crippen molar-refractivity contribution in [2.45, 2.75) is 6.54 Å². The van der Waals surface area contributed by atoms with Crippen molar-refractivity contribution in [1.82, 2.24) is 0 Å². The van der Waals surface area contributed by atoms with E-state index in [-0.39, 0.29) is 5.56 Å². The molecule has 0 spiro atoms. The average Bonchev–Trinajstić information content (AvgIpc) is 2.38. The fraction of sp³-hybridized carbons (Fsp3) is 0.133. The Morgan fingerprint density at radius 2 is 2.00 bits per heavy atom. The third-order valence-electron chi connectivity index (χ3n) is 3.01. The topological polar surface area (TPSA) is 72.3 Å². The quantitative estimate of drug-likeness (QED) is 0.838. The Labute approximate surface area is 116 Å². The predicted molar refractivity (Wildman–Crippen MR) is 77.9 cm³/mol. The zero-order chi connectivity index (χ0) is 14.7. The van der Waals surface area contributed by atoms with Gasteiger partial charge in [0.2, 0.25) is 5.91 Å². The first-order valence-corrected chi connectivity index (χ1v) is 6.12. The first-order valence-electron chi connectivity index (χ1n) is 6.12. The number of carbonyl (C=O) groups excluding carboxylic acids is 1. The third kappa shape index (κ3) is 3.06. The second-order valence-electron chi connectivity index (χ2n) is 4.63. The van der Waals surface area contributed by atoms with Gasteiger partial charge in [0.25, 0.3) is 0 Å². The maximum atomic E-state index is 14.0. The van der Waals surface area contributed by atoms with Crippen LogP contribution in [-0.2, 0) is 6.54 Å². The highest BCUT2D eigenvalue weighted by Crippen LogP contribution is 2.21. The number of anilines is 2. The van der Waals surface area contributed by atoms with Crippen molar-refractivity contribution in [3.63, 3.8) is 0 Å². The zero-order valence-electron chi connectivity index (χ0n) is 11.1. The van der Waals surface area contributed by atoms with Crippen molar-refractivity contribution in [1.29, 1.82) is 0 Å². The van der Waals surface area contributed by atoms with Crippen LogP contribution in [0.3, 0.4) is 0 Å². The van der Waals surface area contributed by atoms with Crippen LogP contribution in [0.15, 0.2) is 42.5 Å². The van der Waals surface area contributed by atoms with E-state index in [2.05, 4.69) is 0 Å². The van der Waals surface area contributed by atoms with Crippen LogP contribution in [-0.4, -0.2) is 13.0 Å². The summed E-state index contributed by atoms with van der Waals surface area (Å²) in [6.07, 6.45) is 0. The van der Waals surface area contributed by atoms with Gasteiger partial charge in [-0.1, -0.05) is 12.1 Å². The molecule has 0 saturated heterocycles. The fourth-order valence-corrected chi connectivity index (χ4v) is 2.02. The maximum Gasteiger partial charge on any atom is 0.248 e. The molecule has 0 aliphatic heterocycles. The number of nitrogens with two attached hydrogens (primary N) is 2. The van der Waals surface area contributed by atoms with Crippen LogP contribution in [0.1, 0.15) is 15.9 Å². The number of benzene rings is 2. The van der Waals surface area contributed by atoms with E-state index in [4.69, 9.17) is 11.5 Å². The van der Waals surface area contributed by atoms with E-state index in [0.717, 1.165) is 11.6 Å². The van der Waals surface area contributed by atoms with Crippen molar-refractivity contribution in [3.8, 4) is 0 Å². The van der Waals surface area contributed by atoms with Crippen molar-refractivity contribution in [2.75, 3.05) is 17.7 Å². The SMILES string of the molecule is CN(Cc1cccc(N)c1)c1ccc(C(N)=O)cc1F. The zero-order valence-corrected chi connectivity index (χ0v) is 11.1. The van der Waals surface area contributed by atoms with Crippen LogP contribution >= 0.6 is 0 Å². The van der Waals surface area contributed by atoms with Crippen molar-refractivity contribution >= 4 is 17.3 Å². The second-order valence-corrected chi connectivity index (χ2v) is 4.63. The third-order valence-corrected chi connectivity index (χ3v) is 3.01. The van der Waals surface area contributed by atoms with Gasteiger partial charge in [-0.3, -0.25) is 4.79 Å². The monoisotopic (exact) mass is 273 g/mol. The minimum Gasteiger partial charge on any atom is -0.399 e. The van der Waals surface area contributed by atoms with Gasteiger partial charge >= 0.3 is 0 Å². The Morgan fingerprint density at radius 1 is 1.25 bits per heavy atom. The van der Waals surface area contributed by atoms with Crippen LogP contribution in [0.25, 0.3) is 0 Å². The number of carbonyl (C=O) groups is 1. The fourth-order valence-electron chi connectivity index (χ4n) is 2.02. The largest absolute Gasteiger partial charge is 0.399 e. The number of amides is 1. The lowest BCUT2D eigenvalue weighted by Crippen LogP contribution is -2.19. The van der Waals surface area contributed by atoms with Gasteiger partial charge in [0.1, 0.15) is 5.82 Å². The molecule has 0 saturated carbocycles. The number of halogens is 1. The number of hydrogen-bond donors (Lipinski definition) is 2. The van der Waals surface area contributed by atoms with Crippen molar-refractivity contribution < 1.29 is 9.18 Å². The molecule has 0 radical (unpaired) electrons. The minimum absolute atomic E-state index is 0.156. The van der Waals surface area contributed by atoms with Crippen LogP contribution in [0.2, 0.25) is 0 Å². The van der Waals surface area contributed by atoms with Gasteiger partial charge in [-0.2, -0.15) is 0 Å². The van der Waals surface area contributed by atoms with Crippen molar-refractivity contribution in [3.05, 3.63) is 59.4 Å². The summed E-state index contributed by atoms with van der Waals surface area (Å²) in [5.41, 5.74) is 13.0. The molecule has 2 rings (SSSR count). The maximum absolute atomic E-state index is 14.0. The molecule has 0 heterocycles. The van der Waals surface area contributed by atoms with Crippen LogP contribution in [0.4, 0.5) is 15.8 Å². The average molecular weight is 273 g/mol. The standard InChI is InChI=1S/C15H16FN3O/c1-19(9-10-3-2-4-12(17)7-10)14-6-5-11(15(18)20)8-13(14)16/h2-8H,9,17H2,1H3,(H2,18,20). The molecule has 0 unspecified atom stereocenters. The first kappa shape index (κ1) is 13.9. The summed E-state index contributed by atoms with van der Waals surface area (Å²) in [6.45, 7) is 0.512. The van der Waals surface area contributed by atoms with Crippen LogP contribution < -0.4 is 16.4 Å². The van der Waals surface area contributed by atoms with Gasteiger partial charge < -0.3 is 16.4 Å². The van der Waals surface area contributed by atoms with Gasteiger partial charge in [-0.15, -0.1) is 0 Å². The number of hydrogen-bond acceptors (Lipinski definition) is 3. The molecule has 0 atom stereocenters. The van der Waals surface area contributed by atoms with Crippen LogP contribution in [0.5, 0.6) is 0 Å². The lowest BCUT2D eigenvalue weighted by atomic mass is 10.1. The number of primary amides is 1. The Balaban J connectivity index is 2.21. The molecule has 0 aliphatic carbocycles. The molecule has 0 aromatic heterocycles. The first-order chi connectivity index (χ1) is 9.47. The van der Waals surface area contributed by atoms with E-state index in [1.165, 1.54) is 6.07 Å². The second kappa shape index (κ2) is 5.61. The molecule has 0 aliphatic rings. The van der Waals surface area contributed by atoms with E-state index >= 15 is 0 Å². The summed E-state index contributed by atoms with van der Waals surface area (Å²) in [7, 11) is 1.77. The molecule has 4 N–H and O–H groups in total. The molecule has 0 fully saturated rings. The summed E-state index contributed by atoms with van der Waals surface area (Å²) in [4.78, 5) is 12.7. The lowest BCUT2D eigenvalue weighted by molar-refractivity contribution is 0.1000. The van der Waals surface area contributed by atoms with E-state index in [1.54, 1.807) is 24.1 Å². The van der Waals surface area contributed by atoms with Gasteiger partial charge in [0.15, 0.2) is 0 Å². The highest BCUT2D eigenvalue weighted by Gasteiger charge is 2.11. The molecule has 20 heavy (non-hydrogen) atoms. The molecule has 5 heteroatoms. The van der Waals surface area contributed by atoms with Gasteiger partial charge in [0.05, 0.1) is 5.69 Å². The highest BCUT2D eigenvalue weighted by molar-refractivity contribution is 5.93. The predicted octanol–water partition coefficient (Wildman–Crippen LogP) is 2.14. The smallest absolute Gasteiger partial charge is 0.248 e. The molecule has 104 valence electrons. The Morgan fingerprint density at radius 3 is 2.60 bits per heavy atom. The Kier molecular flexibility index (Phi) is 3.89. The molecule has 2 aromatic carbocycles. The number of nitrogen functional groups attached to an aromatic ring is 1. The molecular weight excluding hydrogens is 257 g/mol. The summed E-state index contributed by atoms with van der Waals surface area (Å²) >= 11 is 0. The van der Waals surface area contributed by atoms with E-state index < -0.39 is 11.7 Å². The lowest BCUT2D eigenvalue weighted by Gasteiger charge is -2.20. The van der Waals surface area contributed by atoms with Crippen molar-refractivity contribution in [2.24, 2.45) is 5.73 Å². The summed E-state index contributed by atoms with van der Waals surface area (Å²) in [5, 5.41) is 0. The van der Waals surface area contributed by atoms with E-state index in [9.17, 15) is 9.18 Å². The van der Waals surface area contributed by atoms with E-state index in [0.29, 0.717) is 17.9 Å². The van der Waals surface area contributed by atoms with Crippen LogP contribution in [0, 0.1) is 5.82 Å².